The van der Waals surface area contributed by atoms with E-state index in [2.05, 4.69) is 0 Å². The Bertz CT molecular complexity index is 719. The Labute approximate surface area is 151 Å². The Morgan fingerprint density at radius 2 is 1.96 bits per heavy atom. The number of hydrogen-bond acceptors (Lipinski definition) is 6. The smallest absolute Gasteiger partial charge is 0.341 e. The number of anilines is 1. The van der Waals surface area contributed by atoms with Crippen molar-refractivity contribution in [2.24, 2.45) is 5.92 Å². The van der Waals surface area contributed by atoms with Crippen LogP contribution in [-0.2, 0) is 9.53 Å². The third-order valence-corrected chi connectivity index (χ3v) is 5.36. The molecule has 1 aliphatic carbocycles. The van der Waals surface area contributed by atoms with E-state index in [-0.39, 0.29) is 35.5 Å². The molecule has 1 aromatic carbocycles. The average molecular weight is 361 g/mol. The van der Waals surface area contributed by atoms with Gasteiger partial charge in [-0.2, -0.15) is 0 Å². The highest BCUT2D eigenvalue weighted by molar-refractivity contribution is 5.97. The fourth-order valence-electron chi connectivity index (χ4n) is 4.06. The van der Waals surface area contributed by atoms with Crippen LogP contribution in [0, 0.1) is 16.0 Å². The van der Waals surface area contributed by atoms with E-state index in [4.69, 9.17) is 10.5 Å². The van der Waals surface area contributed by atoms with Crippen LogP contribution in [0.3, 0.4) is 0 Å². The Kier molecular flexibility index (Phi) is 5.39. The lowest BCUT2D eigenvalue weighted by Gasteiger charge is -2.44. The number of esters is 1. The minimum atomic E-state index is -0.822. The van der Waals surface area contributed by atoms with Crippen molar-refractivity contribution in [3.8, 4) is 0 Å². The maximum absolute atomic E-state index is 12.6. The van der Waals surface area contributed by atoms with E-state index in [1.807, 2.05) is 4.90 Å². The SMILES string of the molecule is Nc1ccc([N+](=O)[O-])cc1C(=O)OCC(=O)N1CCC[C@H]2CCCC[C@@H]21. The molecular formula is C18H23N3O5. The number of nitrogens with zero attached hydrogens (tertiary/aromatic N) is 2. The van der Waals surface area contributed by atoms with Crippen molar-refractivity contribution < 1.29 is 19.2 Å². The highest BCUT2D eigenvalue weighted by atomic mass is 16.6. The number of nitro groups is 1. The average Bonchev–Trinajstić information content (AvgIpc) is 2.65. The number of non-ortho nitro benzene ring substituents is 1. The van der Waals surface area contributed by atoms with E-state index in [0.29, 0.717) is 12.5 Å². The molecule has 0 radical (unpaired) electrons. The molecule has 2 atom stereocenters. The molecule has 140 valence electrons. The number of hydrogen-bond donors (Lipinski definition) is 1. The first kappa shape index (κ1) is 18.2. The van der Waals surface area contributed by atoms with Crippen molar-refractivity contribution >= 4 is 23.3 Å². The molecule has 1 amide bonds. The molecule has 0 aromatic heterocycles. The predicted octanol–water partition coefficient (Wildman–Crippen LogP) is 2.52. The molecule has 3 rings (SSSR count). The zero-order valence-corrected chi connectivity index (χ0v) is 14.6. The number of likely N-dealkylation sites (tertiary alicyclic amines) is 1. The first-order valence-corrected chi connectivity index (χ1v) is 8.98. The van der Waals surface area contributed by atoms with Crippen molar-refractivity contribution in [3.05, 3.63) is 33.9 Å². The summed E-state index contributed by atoms with van der Waals surface area (Å²) >= 11 is 0. The summed E-state index contributed by atoms with van der Waals surface area (Å²) < 4.78 is 5.11. The Morgan fingerprint density at radius 3 is 2.73 bits per heavy atom. The second-order valence-electron chi connectivity index (χ2n) is 6.95. The number of rotatable bonds is 4. The minimum absolute atomic E-state index is 0.0818. The summed E-state index contributed by atoms with van der Waals surface area (Å²) in [6.45, 7) is 0.320. The first-order chi connectivity index (χ1) is 12.5. The standard InChI is InChI=1S/C18H23N3O5/c19-15-8-7-13(21(24)25)10-14(15)18(23)26-11-17(22)20-9-3-5-12-4-1-2-6-16(12)20/h7-8,10,12,16H,1-6,9,11,19H2/t12-,16+/m1/s1. The summed E-state index contributed by atoms with van der Waals surface area (Å²) in [5, 5.41) is 10.8. The quantitative estimate of drug-likeness (QED) is 0.381. The van der Waals surface area contributed by atoms with Crippen LogP contribution >= 0.6 is 0 Å². The molecule has 1 saturated heterocycles. The lowest BCUT2D eigenvalue weighted by Crippen LogP contribution is -2.50. The van der Waals surface area contributed by atoms with Gasteiger partial charge in [-0.3, -0.25) is 14.9 Å². The van der Waals surface area contributed by atoms with Gasteiger partial charge in [-0.15, -0.1) is 0 Å². The molecular weight excluding hydrogens is 338 g/mol. The van der Waals surface area contributed by atoms with E-state index < -0.39 is 10.9 Å². The van der Waals surface area contributed by atoms with Crippen molar-refractivity contribution in [2.45, 2.75) is 44.6 Å². The minimum Gasteiger partial charge on any atom is -0.452 e. The number of fused-ring (bicyclic) bond motifs is 1. The second-order valence-corrected chi connectivity index (χ2v) is 6.95. The van der Waals surface area contributed by atoms with Crippen molar-refractivity contribution in [1.82, 2.24) is 4.90 Å². The fourth-order valence-corrected chi connectivity index (χ4v) is 4.06. The summed E-state index contributed by atoms with van der Waals surface area (Å²) in [5.41, 5.74) is 5.44. The normalized spacial score (nSPS) is 22.4. The summed E-state index contributed by atoms with van der Waals surface area (Å²) in [4.78, 5) is 36.9. The number of nitrogens with two attached hydrogens (primary N) is 1. The molecule has 8 heteroatoms. The van der Waals surface area contributed by atoms with Gasteiger partial charge in [0.25, 0.3) is 11.6 Å². The van der Waals surface area contributed by atoms with Gasteiger partial charge < -0.3 is 15.4 Å². The van der Waals surface area contributed by atoms with Crippen LogP contribution in [0.2, 0.25) is 0 Å². The van der Waals surface area contributed by atoms with Gasteiger partial charge in [0.05, 0.1) is 10.5 Å². The molecule has 1 saturated carbocycles. The molecule has 2 fully saturated rings. The topological polar surface area (TPSA) is 116 Å². The van der Waals surface area contributed by atoms with Crippen LogP contribution in [0.15, 0.2) is 18.2 Å². The van der Waals surface area contributed by atoms with Gasteiger partial charge in [-0.1, -0.05) is 12.8 Å². The second kappa shape index (κ2) is 7.72. The van der Waals surface area contributed by atoms with Crippen molar-refractivity contribution in [3.63, 3.8) is 0 Å². The third kappa shape index (κ3) is 3.79. The fraction of sp³-hybridized carbons (Fsp3) is 0.556. The molecule has 8 nitrogen and oxygen atoms in total. The van der Waals surface area contributed by atoms with Gasteiger partial charge in [0.15, 0.2) is 6.61 Å². The third-order valence-electron chi connectivity index (χ3n) is 5.36. The zero-order valence-electron chi connectivity index (χ0n) is 14.6. The highest BCUT2D eigenvalue weighted by Gasteiger charge is 2.35. The van der Waals surface area contributed by atoms with E-state index >= 15 is 0 Å². The van der Waals surface area contributed by atoms with E-state index in [1.165, 1.54) is 18.6 Å². The van der Waals surface area contributed by atoms with Gasteiger partial charge >= 0.3 is 5.97 Å². The van der Waals surface area contributed by atoms with Crippen LogP contribution in [-0.4, -0.2) is 40.9 Å². The number of ether oxygens (including phenoxy) is 1. The maximum Gasteiger partial charge on any atom is 0.341 e. The van der Waals surface area contributed by atoms with Gasteiger partial charge in [-0.05, 0) is 37.7 Å². The maximum atomic E-state index is 12.6. The van der Waals surface area contributed by atoms with Gasteiger partial charge in [-0.25, -0.2) is 4.79 Å². The van der Waals surface area contributed by atoms with E-state index in [1.54, 1.807) is 0 Å². The van der Waals surface area contributed by atoms with Crippen molar-refractivity contribution in [1.29, 1.82) is 0 Å². The molecule has 2 aliphatic rings. The number of carbonyl (C=O) groups excluding carboxylic acids is 2. The molecule has 2 N–H and O–H groups in total. The number of benzene rings is 1. The van der Waals surface area contributed by atoms with E-state index in [9.17, 15) is 19.7 Å². The van der Waals surface area contributed by atoms with E-state index in [0.717, 1.165) is 38.2 Å². The van der Waals surface area contributed by atoms with Crippen LogP contribution in [0.1, 0.15) is 48.9 Å². The number of nitro benzene ring substituents is 1. The van der Waals surface area contributed by atoms with Gasteiger partial charge in [0.2, 0.25) is 0 Å². The lowest BCUT2D eigenvalue weighted by molar-refractivity contribution is -0.384. The van der Waals surface area contributed by atoms with Crippen LogP contribution in [0.4, 0.5) is 11.4 Å². The van der Waals surface area contributed by atoms with Crippen molar-refractivity contribution in [2.75, 3.05) is 18.9 Å². The number of piperidine rings is 1. The molecule has 0 bridgehead atoms. The Morgan fingerprint density at radius 1 is 1.23 bits per heavy atom. The lowest BCUT2D eigenvalue weighted by atomic mass is 9.78. The molecule has 0 spiro atoms. The zero-order chi connectivity index (χ0) is 18.7. The monoisotopic (exact) mass is 361 g/mol. The number of carbonyl (C=O) groups is 2. The molecule has 0 unspecified atom stereocenters. The number of nitrogen functional groups attached to an aromatic ring is 1. The molecule has 1 aliphatic heterocycles. The van der Waals surface area contributed by atoms with Gasteiger partial charge in [0.1, 0.15) is 0 Å². The summed E-state index contributed by atoms with van der Waals surface area (Å²) in [5.74, 6) is -0.486. The summed E-state index contributed by atoms with van der Waals surface area (Å²) in [7, 11) is 0. The Hall–Kier alpha value is -2.64. The molecule has 1 aromatic rings. The molecule has 26 heavy (non-hydrogen) atoms. The highest BCUT2D eigenvalue weighted by Crippen LogP contribution is 2.35. The largest absolute Gasteiger partial charge is 0.452 e. The summed E-state index contributed by atoms with van der Waals surface area (Å²) in [6, 6.07) is 3.81. The predicted molar refractivity (Wildman–Crippen MR) is 94.5 cm³/mol. The first-order valence-electron chi connectivity index (χ1n) is 8.98. The molecule has 1 heterocycles. The van der Waals surface area contributed by atoms with Crippen LogP contribution < -0.4 is 5.73 Å². The van der Waals surface area contributed by atoms with Crippen LogP contribution in [0.5, 0.6) is 0 Å². The van der Waals surface area contributed by atoms with Gasteiger partial charge in [0, 0.05) is 30.4 Å². The Balaban J connectivity index is 1.63. The van der Waals surface area contributed by atoms with Crippen LogP contribution in [0.25, 0.3) is 0 Å². The number of amides is 1. The summed E-state index contributed by atoms with van der Waals surface area (Å²) in [6.07, 6.45) is 6.61.